The van der Waals surface area contributed by atoms with Crippen molar-refractivity contribution in [2.75, 3.05) is 0 Å². The van der Waals surface area contributed by atoms with Gasteiger partial charge in [0.05, 0.1) is 56.2 Å². The largest absolute Gasteiger partial charge is 0.416 e. The van der Waals surface area contributed by atoms with Crippen molar-refractivity contribution in [2.45, 2.75) is 12.4 Å². The lowest BCUT2D eigenvalue weighted by Gasteiger charge is -2.21. The fourth-order valence-corrected chi connectivity index (χ4v) is 11.1. The summed E-state index contributed by atoms with van der Waals surface area (Å²) in [4.78, 5) is 0. The Bertz CT molecular complexity index is 4280. The van der Waals surface area contributed by atoms with Crippen molar-refractivity contribution in [1.29, 1.82) is 5.26 Å². The fourth-order valence-electron chi connectivity index (χ4n) is 11.1. The van der Waals surface area contributed by atoms with E-state index < -0.39 is 23.5 Å². The first-order chi connectivity index (χ1) is 37.9. The van der Waals surface area contributed by atoms with E-state index in [1.807, 2.05) is 78.9 Å². The van der Waals surface area contributed by atoms with Crippen LogP contribution in [-0.2, 0) is 12.4 Å². The van der Waals surface area contributed by atoms with Crippen LogP contribution in [0, 0.1) is 11.3 Å². The number of hydrogen-bond acceptors (Lipinski definition) is 1. The van der Waals surface area contributed by atoms with Gasteiger partial charge in [-0.15, -0.1) is 0 Å². The van der Waals surface area contributed by atoms with Gasteiger partial charge in [0, 0.05) is 32.7 Å². The summed E-state index contributed by atoms with van der Waals surface area (Å²) in [6.45, 7) is 0. The maximum atomic E-state index is 14.6. The molecule has 2 aromatic heterocycles. The predicted molar refractivity (Wildman–Crippen MR) is 302 cm³/mol. The van der Waals surface area contributed by atoms with Gasteiger partial charge in [-0.3, -0.25) is 0 Å². The Balaban J connectivity index is 1.13. The SMILES string of the molecule is N#Cc1ccc(-c2cc(-c3cc(C(F)(F)F)cc(C(F)(F)F)c3)ccc2-n2c3ccc(-c4ccccc4)cc3c3cc(-c4ccccc4)ccc32)c(-n2c3ccc(-c4ccccc4)cc3c3cc(-c4ccccc4)ccc32)c1. The molecule has 0 atom stereocenters. The van der Waals surface area contributed by atoms with E-state index in [-0.39, 0.29) is 17.2 Å². The van der Waals surface area contributed by atoms with E-state index in [9.17, 15) is 31.6 Å². The number of nitriles is 1. The van der Waals surface area contributed by atoms with Gasteiger partial charge < -0.3 is 9.13 Å². The first-order valence-corrected chi connectivity index (χ1v) is 25.3. The van der Waals surface area contributed by atoms with Crippen molar-refractivity contribution in [3.8, 4) is 84.2 Å². The van der Waals surface area contributed by atoms with Crippen molar-refractivity contribution in [3.05, 3.63) is 265 Å². The zero-order chi connectivity index (χ0) is 53.3. The smallest absolute Gasteiger partial charge is 0.309 e. The maximum Gasteiger partial charge on any atom is 0.416 e. The maximum absolute atomic E-state index is 14.6. The highest BCUT2D eigenvalue weighted by molar-refractivity contribution is 6.14. The molecule has 9 heteroatoms. The Labute approximate surface area is 444 Å². The Hall–Kier alpha value is -9.91. The average Bonchev–Trinajstić information content (AvgIpc) is 4.16. The zero-order valence-corrected chi connectivity index (χ0v) is 41.3. The van der Waals surface area contributed by atoms with Crippen LogP contribution in [0.25, 0.3) is 122 Å². The molecule has 0 bridgehead atoms. The van der Waals surface area contributed by atoms with E-state index in [1.165, 1.54) is 0 Å². The third kappa shape index (κ3) is 8.44. The van der Waals surface area contributed by atoms with E-state index >= 15 is 0 Å². The summed E-state index contributed by atoms with van der Waals surface area (Å²) in [5.74, 6) is 0. The Morgan fingerprint density at radius 1 is 0.282 bits per heavy atom. The number of alkyl halides is 6. The third-order valence-electron chi connectivity index (χ3n) is 14.8. The van der Waals surface area contributed by atoms with Gasteiger partial charge >= 0.3 is 12.4 Å². The molecule has 78 heavy (non-hydrogen) atoms. The topological polar surface area (TPSA) is 33.6 Å². The molecule has 0 unspecified atom stereocenters. The number of nitrogens with zero attached hydrogens (tertiary/aromatic N) is 3. The number of fused-ring (bicyclic) bond motifs is 6. The van der Waals surface area contributed by atoms with E-state index in [0.717, 1.165) is 100 Å². The van der Waals surface area contributed by atoms with Gasteiger partial charge in [-0.1, -0.05) is 158 Å². The van der Waals surface area contributed by atoms with Crippen LogP contribution in [0.5, 0.6) is 0 Å². The molecule has 0 aliphatic rings. The van der Waals surface area contributed by atoms with Crippen molar-refractivity contribution in [3.63, 3.8) is 0 Å². The van der Waals surface area contributed by atoms with Crippen LogP contribution < -0.4 is 0 Å². The molecular weight excluding hydrogens is 985 g/mol. The first-order valence-electron chi connectivity index (χ1n) is 25.3. The molecule has 13 aromatic rings. The number of rotatable bonds is 8. The van der Waals surface area contributed by atoms with Crippen LogP contribution in [0.2, 0.25) is 0 Å². The van der Waals surface area contributed by atoms with Gasteiger partial charge in [-0.2, -0.15) is 31.6 Å². The standard InChI is InChI=1S/C69H41F6N3/c70-68(71,72)54-34-53(35-55(41-54)69(73,74)75)52-26-32-62(77-63-28-22-48(44-13-5-1-6-14-44)36-58(63)59-37-49(23-29-64(59)77)45-15-7-2-8-16-45)57(40-52)56-27-21-43(42-76)33-67(56)78-65-30-24-50(46-17-9-3-10-18-46)38-60(65)61-39-51(25-31-66(61)78)47-19-11-4-12-20-47/h1-41H. The lowest BCUT2D eigenvalue weighted by molar-refractivity contribution is -0.143. The van der Waals surface area contributed by atoms with Crippen LogP contribution in [0.3, 0.4) is 0 Å². The number of aromatic nitrogens is 2. The highest BCUT2D eigenvalue weighted by atomic mass is 19.4. The van der Waals surface area contributed by atoms with E-state index in [1.54, 1.807) is 30.3 Å². The van der Waals surface area contributed by atoms with Crippen molar-refractivity contribution < 1.29 is 26.3 Å². The summed E-state index contributed by atoms with van der Waals surface area (Å²) in [5.41, 5.74) is 10.9. The molecule has 0 saturated carbocycles. The van der Waals surface area contributed by atoms with Gasteiger partial charge in [-0.25, -0.2) is 0 Å². The fraction of sp³-hybridized carbons (Fsp3) is 0.0290. The number of hydrogen-bond donors (Lipinski definition) is 0. The summed E-state index contributed by atoms with van der Waals surface area (Å²) in [5, 5.41) is 14.4. The normalized spacial score (nSPS) is 12.0. The Morgan fingerprint density at radius 3 is 0.987 bits per heavy atom. The molecule has 0 aliphatic heterocycles. The molecule has 0 aliphatic carbocycles. The quantitative estimate of drug-likeness (QED) is 0.140. The van der Waals surface area contributed by atoms with Gasteiger partial charge in [0.15, 0.2) is 0 Å². The second-order valence-corrected chi connectivity index (χ2v) is 19.4. The van der Waals surface area contributed by atoms with Crippen LogP contribution >= 0.6 is 0 Å². The third-order valence-corrected chi connectivity index (χ3v) is 14.8. The summed E-state index contributed by atoms with van der Waals surface area (Å²) < 4.78 is 91.8. The van der Waals surface area contributed by atoms with Crippen LogP contribution in [-0.4, -0.2) is 9.13 Å². The Kier molecular flexibility index (Phi) is 11.5. The summed E-state index contributed by atoms with van der Waals surface area (Å²) in [6.07, 6.45) is -10.1. The number of halogens is 6. The zero-order valence-electron chi connectivity index (χ0n) is 41.3. The molecule has 0 N–H and O–H groups in total. The minimum atomic E-state index is -5.07. The molecule has 0 spiro atoms. The highest BCUT2D eigenvalue weighted by Crippen LogP contribution is 2.46. The van der Waals surface area contributed by atoms with Crippen LogP contribution in [0.15, 0.2) is 249 Å². The molecule has 11 aromatic carbocycles. The van der Waals surface area contributed by atoms with Gasteiger partial charge in [0.25, 0.3) is 0 Å². The molecule has 374 valence electrons. The molecule has 0 radical (unpaired) electrons. The average molecular weight is 1030 g/mol. The minimum Gasteiger partial charge on any atom is -0.309 e. The lowest BCUT2D eigenvalue weighted by atomic mass is 9.93. The molecule has 2 heterocycles. The summed E-state index contributed by atoms with van der Waals surface area (Å²) in [7, 11) is 0. The van der Waals surface area contributed by atoms with Gasteiger partial charge in [0.1, 0.15) is 0 Å². The van der Waals surface area contributed by atoms with Crippen LogP contribution in [0.1, 0.15) is 16.7 Å². The van der Waals surface area contributed by atoms with Crippen molar-refractivity contribution in [2.24, 2.45) is 0 Å². The Morgan fingerprint density at radius 2 is 0.628 bits per heavy atom. The summed E-state index contributed by atoms with van der Waals surface area (Å²) in [6, 6.07) is 79.7. The van der Waals surface area contributed by atoms with Gasteiger partial charge in [0.2, 0.25) is 0 Å². The van der Waals surface area contributed by atoms with Crippen LogP contribution in [0.4, 0.5) is 26.3 Å². The second kappa shape index (κ2) is 18.7. The molecule has 0 fully saturated rings. The molecule has 0 saturated heterocycles. The molecule has 3 nitrogen and oxygen atoms in total. The van der Waals surface area contributed by atoms with E-state index in [4.69, 9.17) is 0 Å². The van der Waals surface area contributed by atoms with Crippen molar-refractivity contribution >= 4 is 43.6 Å². The summed E-state index contributed by atoms with van der Waals surface area (Å²) >= 11 is 0. The number of benzene rings is 11. The first kappa shape index (κ1) is 47.8. The van der Waals surface area contributed by atoms with Gasteiger partial charge in [-0.05, 0) is 147 Å². The highest BCUT2D eigenvalue weighted by Gasteiger charge is 2.37. The molecule has 13 rings (SSSR count). The molecule has 0 amide bonds. The minimum absolute atomic E-state index is 0.126. The molecular formula is C69H41F6N3. The van der Waals surface area contributed by atoms with E-state index in [0.29, 0.717) is 28.1 Å². The predicted octanol–water partition coefficient (Wildman–Crippen LogP) is 19.8. The van der Waals surface area contributed by atoms with Crippen molar-refractivity contribution in [1.82, 2.24) is 9.13 Å². The van der Waals surface area contributed by atoms with E-state index in [2.05, 4.69) is 137 Å². The lowest BCUT2D eigenvalue weighted by Crippen LogP contribution is -2.11. The second-order valence-electron chi connectivity index (χ2n) is 19.4. The monoisotopic (exact) mass is 1030 g/mol.